The van der Waals surface area contributed by atoms with E-state index in [1.54, 1.807) is 0 Å². The summed E-state index contributed by atoms with van der Waals surface area (Å²) in [5.74, 6) is 0. The zero-order chi connectivity index (χ0) is 54.1. The van der Waals surface area contributed by atoms with Crippen LogP contribution in [0.15, 0.2) is 174 Å². The highest BCUT2D eigenvalue weighted by atomic mass is 16.3. The van der Waals surface area contributed by atoms with E-state index in [9.17, 15) is 11.0 Å². The third-order valence-corrected chi connectivity index (χ3v) is 7.01. The molecule has 8 aromatic carbocycles. The Morgan fingerprint density at radius 1 is 0.289 bits per heavy atom. The summed E-state index contributed by atoms with van der Waals surface area (Å²) in [6.07, 6.45) is 0. The fraction of sp³-hybridized carbons (Fsp3) is 0. The second-order valence-electron chi connectivity index (χ2n) is 9.51. The summed E-state index contributed by atoms with van der Waals surface area (Å²) in [5.41, 5.74) is -7.16. The van der Waals surface area contributed by atoms with Crippen LogP contribution in [0.3, 0.4) is 0 Å². The average molecular weight is 601 g/mol. The molecule has 0 fully saturated rings. The Labute approximate surface area is 301 Å². The lowest BCUT2D eigenvalue weighted by atomic mass is 9.86. The Morgan fingerprint density at radius 3 is 1.33 bits per heavy atom. The molecule has 0 radical (unpaired) electrons. The Morgan fingerprint density at radius 2 is 0.733 bits per heavy atom. The summed E-state index contributed by atoms with van der Waals surface area (Å²) in [6.45, 7) is 0. The first-order chi connectivity index (χ1) is 34.0. The van der Waals surface area contributed by atoms with E-state index in [1.165, 1.54) is 0 Å². The zero-order valence-electron chi connectivity index (χ0n) is 50.4. The van der Waals surface area contributed by atoms with Crippen LogP contribution in [0, 0.1) is 0 Å². The van der Waals surface area contributed by atoms with Gasteiger partial charge in [0.05, 0.1) is 38.4 Å². The second kappa shape index (κ2) is 10.4. The molecule has 0 bridgehead atoms. The van der Waals surface area contributed by atoms with E-state index in [-0.39, 0.29) is 0 Å². The molecule has 9 aromatic rings. The van der Waals surface area contributed by atoms with Crippen LogP contribution in [0.1, 0.15) is 38.4 Å². The molecule has 1 heterocycles. The summed E-state index contributed by atoms with van der Waals surface area (Å²) in [7, 11) is 0. The van der Waals surface area contributed by atoms with Crippen molar-refractivity contribution in [2.45, 2.75) is 0 Å². The van der Waals surface area contributed by atoms with Crippen molar-refractivity contribution < 1.29 is 42.8 Å². The van der Waals surface area contributed by atoms with Crippen molar-refractivity contribution >= 4 is 43.5 Å². The summed E-state index contributed by atoms with van der Waals surface area (Å²) in [5, 5.41) is -3.85. The molecule has 0 saturated heterocycles. The molecule has 1 aromatic heterocycles. The molecule has 0 unspecified atom stereocenters. The predicted molar refractivity (Wildman–Crippen MR) is 190 cm³/mol. The summed E-state index contributed by atoms with van der Waals surface area (Å²) in [4.78, 5) is 0. The summed E-state index contributed by atoms with van der Waals surface area (Å²) < 4.78 is 254. The third-order valence-electron chi connectivity index (χ3n) is 7.01. The van der Waals surface area contributed by atoms with Crippen LogP contribution >= 0.6 is 0 Å². The van der Waals surface area contributed by atoms with Gasteiger partial charge in [-0.15, -0.1) is 0 Å². The maximum Gasteiger partial charge on any atom is 0.136 e. The molecular weight excluding hydrogens is 544 g/mol. The van der Waals surface area contributed by atoms with E-state index in [2.05, 4.69) is 0 Å². The topological polar surface area (TPSA) is 13.1 Å². The van der Waals surface area contributed by atoms with Gasteiger partial charge in [-0.05, 0) is 90.2 Å². The fourth-order valence-electron chi connectivity index (χ4n) is 5.08. The predicted octanol–water partition coefficient (Wildman–Crippen LogP) is 12.6. The number of benzene rings is 8. The molecule has 9 rings (SSSR count). The van der Waals surface area contributed by atoms with Crippen LogP contribution in [0.4, 0.5) is 0 Å². The number of furan rings is 1. The van der Waals surface area contributed by atoms with Gasteiger partial charge in [0.1, 0.15) is 11.2 Å². The first kappa shape index (κ1) is 10.1. The van der Waals surface area contributed by atoms with Gasteiger partial charge in [0, 0.05) is 10.8 Å². The molecule has 45 heavy (non-hydrogen) atoms. The molecule has 0 atom stereocenters. The molecule has 0 amide bonds. The lowest BCUT2D eigenvalue weighted by Crippen LogP contribution is -1.90. The molecule has 0 aliphatic heterocycles. The van der Waals surface area contributed by atoms with Crippen molar-refractivity contribution in [3.05, 3.63) is 169 Å². The number of fused-ring (bicyclic) bond motifs is 5. The zero-order valence-corrected chi connectivity index (χ0v) is 22.4. The van der Waals surface area contributed by atoms with Crippen LogP contribution in [0.5, 0.6) is 0 Å². The smallest absolute Gasteiger partial charge is 0.136 e. The highest BCUT2D eigenvalue weighted by molar-refractivity contribution is 6.22. The van der Waals surface area contributed by atoms with Gasteiger partial charge in [0.2, 0.25) is 0 Å². The molecular formula is C44H28O. The van der Waals surface area contributed by atoms with E-state index < -0.39 is 257 Å². The minimum absolute atomic E-state index is 0.564. The van der Waals surface area contributed by atoms with Crippen LogP contribution in [0.2, 0.25) is 0 Å². The average Bonchev–Trinajstić information content (AvgIpc) is 3.78. The Kier molecular flexibility index (Phi) is 2.32. The van der Waals surface area contributed by atoms with Gasteiger partial charge in [0.25, 0.3) is 0 Å². The Hall–Kier alpha value is -5.92. The first-order valence-electron chi connectivity index (χ1n) is 27.2. The van der Waals surface area contributed by atoms with Crippen LogP contribution in [-0.4, -0.2) is 0 Å². The maximum absolute atomic E-state index is 9.66. The lowest BCUT2D eigenvalue weighted by molar-refractivity contribution is 0.669. The maximum atomic E-state index is 9.66. The number of hydrogen-bond acceptors (Lipinski definition) is 1. The van der Waals surface area contributed by atoms with E-state index in [0.717, 1.165) is 0 Å². The quantitative estimate of drug-likeness (QED) is 0.183. The number of hydrogen-bond donors (Lipinski definition) is 0. The van der Waals surface area contributed by atoms with Crippen molar-refractivity contribution in [2.75, 3.05) is 0 Å². The molecule has 210 valence electrons. The van der Waals surface area contributed by atoms with Gasteiger partial charge in [-0.3, -0.25) is 0 Å². The molecule has 0 spiro atoms. The van der Waals surface area contributed by atoms with Gasteiger partial charge in [0.15, 0.2) is 0 Å². The molecule has 1 heteroatoms. The van der Waals surface area contributed by atoms with Crippen LogP contribution < -0.4 is 0 Å². The first-order valence-corrected chi connectivity index (χ1v) is 13.2. The van der Waals surface area contributed by atoms with Crippen molar-refractivity contribution in [1.29, 1.82) is 0 Å². The normalized spacial score (nSPS) is 20.3. The molecule has 0 saturated carbocycles. The van der Waals surface area contributed by atoms with E-state index >= 15 is 0 Å². The standard InChI is InChI=1S/C44H28O/c1-3-11-29(12-4-1)30-19-21-31(22-20-30)33-24-26-41-40(27-33)35-25-23-34(28-42(35)45-41)44-38-17-9-7-15-36(38)43(32-13-5-2-6-14-32)37-16-8-10-18-39(37)44/h1-28H/i1D,2D,3D,4D,5D,6D,7D,8D,9D,10D,11D,12D,13D,14D,15D,16D,17D,18D,19D,20D,21D,22D,23D,24D,25D,26D,27D,28D. The minimum Gasteiger partial charge on any atom is -0.456 e. The second-order valence-corrected chi connectivity index (χ2v) is 9.51. The lowest BCUT2D eigenvalue weighted by Gasteiger charge is -2.17. The third kappa shape index (κ3) is 4.24. The van der Waals surface area contributed by atoms with Gasteiger partial charge >= 0.3 is 0 Å². The van der Waals surface area contributed by atoms with E-state index in [1.807, 2.05) is 0 Å². The fourth-order valence-corrected chi connectivity index (χ4v) is 5.08. The Balaban J connectivity index is 1.46. The molecule has 0 aliphatic rings. The van der Waals surface area contributed by atoms with Gasteiger partial charge in [-0.25, -0.2) is 0 Å². The van der Waals surface area contributed by atoms with E-state index in [0.29, 0.717) is 0 Å². The van der Waals surface area contributed by atoms with E-state index in [4.69, 9.17) is 31.8 Å². The van der Waals surface area contributed by atoms with Crippen molar-refractivity contribution in [1.82, 2.24) is 0 Å². The summed E-state index contributed by atoms with van der Waals surface area (Å²) >= 11 is 0. The van der Waals surface area contributed by atoms with Gasteiger partial charge in [-0.1, -0.05) is 145 Å². The molecule has 1 nitrogen and oxygen atoms in total. The van der Waals surface area contributed by atoms with Crippen molar-refractivity contribution in [3.63, 3.8) is 0 Å². The SMILES string of the molecule is [2H]c1c([2H])c([2H])c(-c2c([2H])c([2H])c(-c3c([2H])c([2H])c4oc5c([2H])c(-c6c7c([2H])c([2H])c([2H])c([2H])c7c(-c7c([2H])c([2H])c([2H])c([2H])c7[2H])c7c([2H])c([2H])c([2H])c([2H])c67)c([2H])c([2H])c5c4c3[2H])c([2H])c2[2H])c([2H])c1[2H]. The van der Waals surface area contributed by atoms with Gasteiger partial charge in [-0.2, -0.15) is 0 Å². The molecule has 0 N–H and O–H groups in total. The van der Waals surface area contributed by atoms with Gasteiger partial charge < -0.3 is 4.42 Å². The highest BCUT2D eigenvalue weighted by Crippen LogP contribution is 2.44. The summed E-state index contributed by atoms with van der Waals surface area (Å²) in [6, 6.07) is -25.8. The van der Waals surface area contributed by atoms with Crippen molar-refractivity contribution in [3.8, 4) is 44.5 Å². The number of rotatable bonds is 4. The minimum atomic E-state index is -1.01. The van der Waals surface area contributed by atoms with Crippen molar-refractivity contribution in [2.24, 2.45) is 0 Å². The van der Waals surface area contributed by atoms with Crippen LogP contribution in [-0.2, 0) is 0 Å². The molecule has 0 aliphatic carbocycles. The van der Waals surface area contributed by atoms with Crippen LogP contribution in [0.25, 0.3) is 88.0 Å². The monoisotopic (exact) mass is 600 g/mol. The largest absolute Gasteiger partial charge is 0.456 e. The highest BCUT2D eigenvalue weighted by Gasteiger charge is 2.18. The Bertz CT molecular complexity index is 3950.